The first-order chi connectivity index (χ1) is 39.6. The maximum Gasteiger partial charge on any atom is 0.494 e. The fourth-order valence-corrected chi connectivity index (χ4v) is 12.0. The molecule has 0 bridgehead atoms. The van der Waals surface area contributed by atoms with E-state index in [1.165, 1.54) is 27.8 Å². The summed E-state index contributed by atoms with van der Waals surface area (Å²) >= 11 is 3.52. The molecule has 446 valence electrons. The van der Waals surface area contributed by atoms with Crippen LogP contribution < -0.4 is 24.4 Å². The summed E-state index contributed by atoms with van der Waals surface area (Å²) in [6.07, 6.45) is 6.54. The van der Waals surface area contributed by atoms with Crippen LogP contribution in [0.3, 0.4) is 0 Å². The van der Waals surface area contributed by atoms with E-state index in [1.54, 1.807) is 33.9 Å². The molecule has 2 aromatic heterocycles. The van der Waals surface area contributed by atoms with E-state index in [1.807, 2.05) is 93.7 Å². The van der Waals surface area contributed by atoms with Crippen LogP contribution in [0, 0.1) is 51.4 Å². The molecule has 14 nitrogen and oxygen atoms in total. The molecule has 0 amide bonds. The number of benzene rings is 4. The number of rotatable bonds is 19. The van der Waals surface area contributed by atoms with Crippen molar-refractivity contribution in [3.63, 3.8) is 0 Å². The summed E-state index contributed by atoms with van der Waals surface area (Å²) in [6, 6.07) is 28.5. The molecular formula is C68H82BBrN2O12. The van der Waals surface area contributed by atoms with Crippen molar-refractivity contribution in [1.29, 1.82) is 0 Å². The van der Waals surface area contributed by atoms with Gasteiger partial charge in [0, 0.05) is 53.7 Å². The molecule has 3 N–H and O–H groups in total. The highest BCUT2D eigenvalue weighted by molar-refractivity contribution is 9.10. The maximum absolute atomic E-state index is 12.1. The minimum Gasteiger partial charge on any atom is -0.493 e. The molecule has 4 aromatic carbocycles. The van der Waals surface area contributed by atoms with E-state index < -0.39 is 24.3 Å². The van der Waals surface area contributed by atoms with Gasteiger partial charge in [0.2, 0.25) is 11.8 Å². The number of hydrogen-bond acceptors (Lipinski definition) is 13. The van der Waals surface area contributed by atoms with Crippen LogP contribution in [0.4, 0.5) is 0 Å². The van der Waals surface area contributed by atoms with Crippen LogP contribution in [0.2, 0.25) is 0 Å². The number of nitrogens with zero attached hydrogens (tertiary/aromatic N) is 2. The van der Waals surface area contributed by atoms with E-state index in [-0.39, 0.29) is 46.8 Å². The third kappa shape index (κ3) is 14.7. The number of hydrogen-bond donors (Lipinski definition) is 3. The Kier molecular flexibility index (Phi) is 18.5. The molecule has 11 rings (SSSR count). The minimum absolute atomic E-state index is 0.00809. The first-order valence-corrected chi connectivity index (χ1v) is 30.1. The number of aliphatic hydroxyl groups is 2. The van der Waals surface area contributed by atoms with Crippen LogP contribution in [0.5, 0.6) is 23.3 Å². The Morgan fingerprint density at radius 1 is 0.655 bits per heavy atom. The van der Waals surface area contributed by atoms with Crippen LogP contribution in [-0.4, -0.2) is 86.6 Å². The van der Waals surface area contributed by atoms with E-state index in [4.69, 9.17) is 33.0 Å². The molecule has 16 heteroatoms. The highest BCUT2D eigenvalue weighted by Gasteiger charge is 2.61. The average molecular weight is 1210 g/mol. The first-order valence-electron chi connectivity index (χ1n) is 29.3. The molecule has 0 radical (unpaired) electrons. The summed E-state index contributed by atoms with van der Waals surface area (Å²) in [5, 5.41) is 28.8. The maximum atomic E-state index is 12.1. The van der Waals surface area contributed by atoms with Gasteiger partial charge in [-0.25, -0.2) is 9.97 Å². The van der Waals surface area contributed by atoms with E-state index in [9.17, 15) is 24.9 Å². The predicted molar refractivity (Wildman–Crippen MR) is 328 cm³/mol. The number of halogens is 1. The van der Waals surface area contributed by atoms with Crippen molar-refractivity contribution in [2.24, 2.45) is 23.7 Å². The van der Waals surface area contributed by atoms with Crippen molar-refractivity contribution in [2.75, 3.05) is 19.8 Å². The van der Waals surface area contributed by atoms with E-state index >= 15 is 0 Å². The van der Waals surface area contributed by atoms with E-state index in [0.717, 1.165) is 73.2 Å². The molecule has 4 aliphatic carbocycles. The quantitative estimate of drug-likeness (QED) is 0.0514. The summed E-state index contributed by atoms with van der Waals surface area (Å²) in [5.41, 5.74) is 12.4. The number of aromatic nitrogens is 2. The summed E-state index contributed by atoms with van der Waals surface area (Å²) in [4.78, 5) is 32.3. The molecule has 6 aromatic rings. The fourth-order valence-electron chi connectivity index (χ4n) is 11.8. The van der Waals surface area contributed by atoms with Crippen LogP contribution >= 0.6 is 15.9 Å². The molecule has 3 heterocycles. The number of carboxylic acids is 1. The molecule has 3 fully saturated rings. The number of carbonyl (C=O) groups is 2. The van der Waals surface area contributed by atoms with Gasteiger partial charge in [-0.1, -0.05) is 58.4 Å². The lowest BCUT2D eigenvalue weighted by Crippen LogP contribution is -2.41. The van der Waals surface area contributed by atoms with E-state index in [0.29, 0.717) is 63.6 Å². The second kappa shape index (κ2) is 25.0. The Morgan fingerprint density at radius 2 is 1.12 bits per heavy atom. The first kappa shape index (κ1) is 62.2. The van der Waals surface area contributed by atoms with Gasteiger partial charge in [-0.05, 0) is 217 Å². The third-order valence-corrected chi connectivity index (χ3v) is 18.4. The zero-order chi connectivity index (χ0) is 60.6. The second-order valence-electron chi connectivity index (χ2n) is 25.6. The fraction of sp³-hybridized carbons (Fsp3) is 0.471. The Morgan fingerprint density at radius 3 is 1.61 bits per heavy atom. The van der Waals surface area contributed by atoms with Gasteiger partial charge < -0.3 is 48.3 Å². The van der Waals surface area contributed by atoms with Gasteiger partial charge in [0.1, 0.15) is 24.7 Å². The number of aryl methyl sites for hydroxylation is 4. The minimum atomic E-state index is -0.744. The van der Waals surface area contributed by atoms with Gasteiger partial charge in [0.05, 0.1) is 54.1 Å². The van der Waals surface area contributed by atoms with Gasteiger partial charge in [0.25, 0.3) is 0 Å². The van der Waals surface area contributed by atoms with Crippen molar-refractivity contribution in [1.82, 2.24) is 9.97 Å². The lowest BCUT2D eigenvalue weighted by molar-refractivity contribution is -0.145. The zero-order valence-electron chi connectivity index (χ0n) is 50.9. The second-order valence-corrected chi connectivity index (χ2v) is 26.4. The Hall–Kier alpha value is -6.30. The highest BCUT2D eigenvalue weighted by atomic mass is 79.9. The summed E-state index contributed by atoms with van der Waals surface area (Å²) in [5.74, 6) is 2.82. The molecule has 2 saturated carbocycles. The number of pyridine rings is 2. The van der Waals surface area contributed by atoms with Crippen molar-refractivity contribution in [3.8, 4) is 34.4 Å². The number of carbonyl (C=O) groups excluding carboxylic acids is 1. The molecule has 1 aliphatic heterocycles. The van der Waals surface area contributed by atoms with Gasteiger partial charge in [-0.2, -0.15) is 0 Å². The molecule has 84 heavy (non-hydrogen) atoms. The number of esters is 1. The Labute approximate surface area is 504 Å². The number of ether oxygens (including phenoxy) is 5. The SMILES string of the molecule is CCOC(=O)[C@H]1[C@@H]2Cc3cc(OCc4cccc(B5OC(C)(C)C(C)(C)O5)c4)ncc3[C@@H]21.Cc1cc(OCCC(C)(C)O)cc(C)c1-c1cccc(COc2cc3c(cn2)[C@H]2[C@@H](C3)[C@@H]2C(=O)O)c1.Cc1cc(OCCC(C)(C)O)cc(C)c1Br. The molecule has 1 saturated heterocycles. The van der Waals surface area contributed by atoms with Gasteiger partial charge in [-0.3, -0.25) is 9.59 Å². The van der Waals surface area contributed by atoms with Crippen LogP contribution in [0.25, 0.3) is 11.1 Å². The topological polar surface area (TPSA) is 185 Å². The molecule has 5 aliphatic rings. The third-order valence-electron chi connectivity index (χ3n) is 17.2. The van der Waals surface area contributed by atoms with Crippen LogP contribution in [0.15, 0.2) is 102 Å². The van der Waals surface area contributed by atoms with Crippen molar-refractivity contribution in [2.45, 2.75) is 163 Å². The standard InChI is InChI=1S/C30H33NO5.C25H30BNO5.C13H19BrO2/c1-17-10-22(35-9-8-30(3,4)34)11-18(2)26(17)20-7-5-6-19(12-20)16-36-25-14-21-13-23-27(24(21)15-31-25)28(23)29(32)33;1-6-29-23(28)22-18-11-16-12-20(27-13-19(16)21(18)22)30-14-15-8-7-9-17(10-15)26-31-24(2,3)25(4,5)32-26;1-9-7-11(8-10(2)12(9)14)16-6-5-13(3,4)15/h5-7,10-12,14-15,23,27-28,34H,8-9,13,16H2,1-4H3,(H,32,33);7-10,12-13,18,21-22H,6,11,14H2,1-5H3;7-8,15H,5-6H2,1-4H3/t23-,27-,28+;18-,21-,22+;/m11./s1. The van der Waals surface area contributed by atoms with Gasteiger partial charge in [0.15, 0.2) is 0 Å². The Balaban J connectivity index is 0.000000162. The lowest BCUT2D eigenvalue weighted by atomic mass is 9.78. The smallest absolute Gasteiger partial charge is 0.493 e. The number of aliphatic carboxylic acids is 1. The lowest BCUT2D eigenvalue weighted by Gasteiger charge is -2.32. The normalized spacial score (nSPS) is 20.8. The predicted octanol–water partition coefficient (Wildman–Crippen LogP) is 12.5. The van der Waals surface area contributed by atoms with Gasteiger partial charge >= 0.3 is 19.1 Å². The average Bonchev–Trinajstić information content (AvgIpc) is 1.78. The zero-order valence-corrected chi connectivity index (χ0v) is 52.5. The van der Waals surface area contributed by atoms with Crippen LogP contribution in [0.1, 0.15) is 143 Å². The van der Waals surface area contributed by atoms with Crippen molar-refractivity contribution in [3.05, 3.63) is 157 Å². The van der Waals surface area contributed by atoms with Crippen molar-refractivity contribution >= 4 is 40.4 Å². The van der Waals surface area contributed by atoms with E-state index in [2.05, 4.69) is 85.6 Å². The molecule has 0 unspecified atom stereocenters. The Bertz CT molecular complexity index is 3320. The highest BCUT2D eigenvalue weighted by Crippen LogP contribution is 2.62. The van der Waals surface area contributed by atoms with Crippen molar-refractivity contribution < 1.29 is 57.9 Å². The molecule has 0 spiro atoms. The monoisotopic (exact) mass is 1210 g/mol. The molecular weight excluding hydrogens is 1130 g/mol. The largest absolute Gasteiger partial charge is 0.494 e. The summed E-state index contributed by atoms with van der Waals surface area (Å²) in [7, 11) is -0.392. The molecule has 6 atom stereocenters. The number of carboxylic acid groups (broad SMARTS) is 1. The summed E-state index contributed by atoms with van der Waals surface area (Å²) in [6.45, 7) is 27.7. The summed E-state index contributed by atoms with van der Waals surface area (Å²) < 4.78 is 42.2. The van der Waals surface area contributed by atoms with Gasteiger partial charge in [-0.15, -0.1) is 0 Å². The number of fused-ring (bicyclic) bond motifs is 6. The van der Waals surface area contributed by atoms with Crippen LogP contribution in [-0.2, 0) is 49.7 Å².